The highest BCUT2D eigenvalue weighted by molar-refractivity contribution is 6.32. The standard InChI is InChI=1S/C28H50O15/c1-28(2,3)43-26(31)6-7-34-8-9-35-10-11-36-12-13-37-14-15-38-16-17-39-18-19-40-20-21-41-22-23-42-25(30)5-4-24(29)27(32)33/h4-23H2,1-3H3,(H,32,33). The fourth-order valence-electron chi connectivity index (χ4n) is 2.80. The van der Waals surface area contributed by atoms with Gasteiger partial charge < -0.3 is 52.5 Å². The Morgan fingerprint density at radius 2 is 0.767 bits per heavy atom. The molecule has 0 aliphatic heterocycles. The van der Waals surface area contributed by atoms with Crippen LogP contribution in [0.25, 0.3) is 0 Å². The Balaban J connectivity index is 3.19. The fourth-order valence-corrected chi connectivity index (χ4v) is 2.80. The number of hydrogen-bond acceptors (Lipinski definition) is 14. The molecule has 0 saturated heterocycles. The summed E-state index contributed by atoms with van der Waals surface area (Å²) in [6, 6.07) is 0. The molecule has 1 N–H and O–H groups in total. The number of hydrogen-bond donors (Lipinski definition) is 1. The summed E-state index contributed by atoms with van der Waals surface area (Å²) in [4.78, 5) is 44.1. The molecule has 0 heterocycles. The Kier molecular flexibility index (Phi) is 27.0. The number of Topliss-reactive ketones (excluding diaryl/α,β-unsaturated/α-hetero) is 1. The van der Waals surface area contributed by atoms with Gasteiger partial charge in [-0.15, -0.1) is 0 Å². The van der Waals surface area contributed by atoms with Gasteiger partial charge in [-0.25, -0.2) is 4.79 Å². The van der Waals surface area contributed by atoms with Crippen molar-refractivity contribution in [3.63, 3.8) is 0 Å². The predicted molar refractivity (Wildman–Crippen MR) is 150 cm³/mol. The Bertz CT molecular complexity index is 723. The molecule has 0 aliphatic carbocycles. The van der Waals surface area contributed by atoms with E-state index in [4.69, 9.17) is 52.5 Å². The summed E-state index contributed by atoms with van der Waals surface area (Å²) in [6.45, 7) is 11.8. The van der Waals surface area contributed by atoms with E-state index in [0.717, 1.165) is 0 Å². The van der Waals surface area contributed by atoms with Gasteiger partial charge in [0.05, 0.1) is 119 Å². The van der Waals surface area contributed by atoms with Crippen LogP contribution in [0.4, 0.5) is 0 Å². The molecule has 0 fully saturated rings. The molecule has 0 bridgehead atoms. The van der Waals surface area contributed by atoms with Gasteiger partial charge in [-0.05, 0) is 20.8 Å². The summed E-state index contributed by atoms with van der Waals surface area (Å²) in [6.07, 6.45) is -0.448. The SMILES string of the molecule is CC(C)(C)OC(=O)CCOCCOCCOCCOCCOCCOCCOCCOCCOC(=O)CCC(=O)C(=O)O. The number of ether oxygens (including phenoxy) is 10. The second-order valence-corrected chi connectivity index (χ2v) is 9.68. The summed E-state index contributed by atoms with van der Waals surface area (Å²) < 4.78 is 53.0. The van der Waals surface area contributed by atoms with Gasteiger partial charge >= 0.3 is 17.9 Å². The van der Waals surface area contributed by atoms with Crippen molar-refractivity contribution in [1.29, 1.82) is 0 Å². The molecule has 0 saturated carbocycles. The molecule has 0 spiro atoms. The molecule has 15 heteroatoms. The third kappa shape index (κ3) is 32.5. The highest BCUT2D eigenvalue weighted by Gasteiger charge is 2.16. The van der Waals surface area contributed by atoms with E-state index in [1.165, 1.54) is 0 Å². The maximum absolute atomic E-state index is 11.5. The van der Waals surface area contributed by atoms with E-state index >= 15 is 0 Å². The van der Waals surface area contributed by atoms with Crippen molar-refractivity contribution in [3.05, 3.63) is 0 Å². The van der Waals surface area contributed by atoms with Crippen molar-refractivity contribution >= 4 is 23.7 Å². The first-order valence-electron chi connectivity index (χ1n) is 14.4. The highest BCUT2D eigenvalue weighted by atomic mass is 16.6. The monoisotopic (exact) mass is 626 g/mol. The maximum Gasteiger partial charge on any atom is 0.372 e. The molecule has 43 heavy (non-hydrogen) atoms. The lowest BCUT2D eigenvalue weighted by molar-refractivity contribution is -0.156. The smallest absolute Gasteiger partial charge is 0.372 e. The number of rotatable bonds is 31. The van der Waals surface area contributed by atoms with E-state index in [-0.39, 0.29) is 38.4 Å². The van der Waals surface area contributed by atoms with Crippen molar-refractivity contribution < 1.29 is 71.7 Å². The van der Waals surface area contributed by atoms with Crippen LogP contribution in [0, 0.1) is 0 Å². The zero-order valence-corrected chi connectivity index (χ0v) is 25.8. The molecule has 0 aromatic heterocycles. The zero-order valence-electron chi connectivity index (χ0n) is 25.8. The summed E-state index contributed by atoms with van der Waals surface area (Å²) in [7, 11) is 0. The van der Waals surface area contributed by atoms with Crippen LogP contribution in [-0.2, 0) is 66.5 Å². The van der Waals surface area contributed by atoms with Crippen molar-refractivity contribution in [1.82, 2.24) is 0 Å². The van der Waals surface area contributed by atoms with Gasteiger partial charge in [-0.2, -0.15) is 0 Å². The van der Waals surface area contributed by atoms with E-state index in [1.54, 1.807) is 0 Å². The Morgan fingerprint density at radius 1 is 0.442 bits per heavy atom. The molecule has 0 aliphatic rings. The Hall–Kier alpha value is -2.24. The van der Waals surface area contributed by atoms with Gasteiger partial charge in [0.15, 0.2) is 0 Å². The van der Waals surface area contributed by atoms with E-state index < -0.39 is 23.3 Å². The molecule has 15 nitrogen and oxygen atoms in total. The van der Waals surface area contributed by atoms with E-state index in [2.05, 4.69) is 0 Å². The second kappa shape index (κ2) is 28.5. The molecular formula is C28H50O15. The molecule has 252 valence electrons. The van der Waals surface area contributed by atoms with Crippen molar-refractivity contribution in [2.24, 2.45) is 0 Å². The number of aliphatic carboxylic acids is 1. The number of carbonyl (C=O) groups is 4. The third-order valence-electron chi connectivity index (χ3n) is 4.76. The predicted octanol–water partition coefficient (Wildman–Crippen LogP) is 0.828. The average Bonchev–Trinajstić information content (AvgIpc) is 2.94. The van der Waals surface area contributed by atoms with Gasteiger partial charge in [-0.1, -0.05) is 0 Å². The second-order valence-electron chi connectivity index (χ2n) is 9.68. The molecule has 0 rings (SSSR count). The van der Waals surface area contributed by atoms with Crippen LogP contribution in [0.2, 0.25) is 0 Å². The molecule has 0 atom stereocenters. The van der Waals surface area contributed by atoms with Crippen LogP contribution in [0.3, 0.4) is 0 Å². The molecule has 0 unspecified atom stereocenters. The van der Waals surface area contributed by atoms with Gasteiger partial charge in [0.25, 0.3) is 0 Å². The minimum Gasteiger partial charge on any atom is -0.476 e. The van der Waals surface area contributed by atoms with Crippen LogP contribution >= 0.6 is 0 Å². The first-order chi connectivity index (χ1) is 20.6. The third-order valence-corrected chi connectivity index (χ3v) is 4.76. The highest BCUT2D eigenvalue weighted by Crippen LogP contribution is 2.08. The summed E-state index contributed by atoms with van der Waals surface area (Å²) in [5, 5.41) is 8.43. The minimum absolute atomic E-state index is 0.0106. The number of carboxylic acid groups (broad SMARTS) is 1. The van der Waals surface area contributed by atoms with Crippen LogP contribution in [0.5, 0.6) is 0 Å². The fraction of sp³-hybridized carbons (Fsp3) is 0.857. The number of carbonyl (C=O) groups excluding carboxylic acids is 3. The van der Waals surface area contributed by atoms with Crippen molar-refractivity contribution in [2.75, 3.05) is 112 Å². The van der Waals surface area contributed by atoms with Crippen LogP contribution in [0.1, 0.15) is 40.0 Å². The maximum atomic E-state index is 11.5. The lowest BCUT2D eigenvalue weighted by Gasteiger charge is -2.19. The zero-order chi connectivity index (χ0) is 32.0. The van der Waals surface area contributed by atoms with Gasteiger partial charge in [0.2, 0.25) is 5.78 Å². The largest absolute Gasteiger partial charge is 0.476 e. The minimum atomic E-state index is -1.57. The quantitative estimate of drug-likeness (QED) is 0.0649. The van der Waals surface area contributed by atoms with Crippen molar-refractivity contribution in [3.8, 4) is 0 Å². The Labute approximate surface area is 253 Å². The molecule has 0 aromatic carbocycles. The van der Waals surface area contributed by atoms with Crippen LogP contribution < -0.4 is 0 Å². The topological polar surface area (TPSA) is 181 Å². The molecular weight excluding hydrogens is 576 g/mol. The van der Waals surface area contributed by atoms with Gasteiger partial charge in [0, 0.05) is 6.42 Å². The number of ketones is 1. The summed E-state index contributed by atoms with van der Waals surface area (Å²) in [5.74, 6) is -3.52. The number of carboxylic acids is 1. The lowest BCUT2D eigenvalue weighted by atomic mass is 10.2. The normalized spacial score (nSPS) is 11.4. The van der Waals surface area contributed by atoms with Gasteiger partial charge in [0.1, 0.15) is 12.2 Å². The molecule has 0 amide bonds. The number of esters is 2. The first kappa shape index (κ1) is 40.8. The van der Waals surface area contributed by atoms with Crippen LogP contribution in [0.15, 0.2) is 0 Å². The first-order valence-corrected chi connectivity index (χ1v) is 14.4. The lowest BCUT2D eigenvalue weighted by Crippen LogP contribution is -2.24. The Morgan fingerprint density at radius 3 is 1.09 bits per heavy atom. The van der Waals surface area contributed by atoms with Crippen molar-refractivity contribution in [2.45, 2.75) is 45.6 Å². The van der Waals surface area contributed by atoms with E-state index in [1.807, 2.05) is 20.8 Å². The summed E-state index contributed by atoms with van der Waals surface area (Å²) in [5.41, 5.74) is -0.486. The van der Waals surface area contributed by atoms with Crippen LogP contribution in [-0.4, -0.2) is 147 Å². The van der Waals surface area contributed by atoms with E-state index in [0.29, 0.717) is 99.1 Å². The molecule has 0 aromatic rings. The van der Waals surface area contributed by atoms with E-state index in [9.17, 15) is 19.2 Å². The summed E-state index contributed by atoms with van der Waals surface area (Å²) >= 11 is 0. The molecule has 0 radical (unpaired) electrons. The van der Waals surface area contributed by atoms with Gasteiger partial charge in [-0.3, -0.25) is 14.4 Å². The average molecular weight is 627 g/mol.